The summed E-state index contributed by atoms with van der Waals surface area (Å²) in [4.78, 5) is 12.4. The van der Waals surface area contributed by atoms with Gasteiger partial charge in [0, 0.05) is 25.3 Å². The Morgan fingerprint density at radius 1 is 1.25 bits per heavy atom. The largest absolute Gasteiger partial charge is 0.361 e. The Bertz CT molecular complexity index is 850. The molecule has 130 valence electrons. The molecule has 1 aromatic heterocycles. The topological polar surface area (TPSA) is 92.5 Å². The molecule has 0 spiro atoms. The Kier molecular flexibility index (Phi) is 5.10. The van der Waals surface area contributed by atoms with Crippen LogP contribution in [0.2, 0.25) is 0 Å². The predicted octanol–water partition coefficient (Wildman–Crippen LogP) is 2.03. The van der Waals surface area contributed by atoms with Crippen molar-refractivity contribution >= 4 is 21.6 Å². The second-order valence-electron chi connectivity index (χ2n) is 5.80. The van der Waals surface area contributed by atoms with Gasteiger partial charge >= 0.3 is 0 Å². The molecule has 2 rings (SSSR count). The Balaban J connectivity index is 2.23. The third-order valence-corrected chi connectivity index (χ3v) is 5.71. The van der Waals surface area contributed by atoms with Crippen LogP contribution in [0.1, 0.15) is 22.6 Å². The molecule has 24 heavy (non-hydrogen) atoms. The summed E-state index contributed by atoms with van der Waals surface area (Å²) < 4.78 is 30.8. The lowest BCUT2D eigenvalue weighted by atomic mass is 10.1. The number of carbonyl (C=O) groups excluding carboxylic acids is 1. The van der Waals surface area contributed by atoms with E-state index in [4.69, 9.17) is 4.52 Å². The summed E-state index contributed by atoms with van der Waals surface area (Å²) >= 11 is 0. The molecule has 0 saturated carbocycles. The molecule has 0 aliphatic heterocycles. The number of anilines is 1. The van der Waals surface area contributed by atoms with Crippen LogP contribution in [0, 0.1) is 20.8 Å². The molecule has 0 aliphatic carbocycles. The average molecular weight is 351 g/mol. The maximum Gasteiger partial charge on any atom is 0.242 e. The molecular formula is C16H21N3O4S. The van der Waals surface area contributed by atoms with Crippen LogP contribution in [0.5, 0.6) is 0 Å². The van der Waals surface area contributed by atoms with Crippen molar-refractivity contribution in [2.24, 2.45) is 0 Å². The minimum atomic E-state index is -3.57. The second-order valence-corrected chi connectivity index (χ2v) is 7.92. The molecule has 0 atom stereocenters. The van der Waals surface area contributed by atoms with Crippen LogP contribution in [0.25, 0.3) is 0 Å². The Morgan fingerprint density at radius 2 is 1.92 bits per heavy atom. The van der Waals surface area contributed by atoms with Crippen LogP contribution in [-0.4, -0.2) is 37.9 Å². The molecule has 0 aliphatic rings. The summed E-state index contributed by atoms with van der Waals surface area (Å²) in [5.41, 5.74) is 2.45. The smallest absolute Gasteiger partial charge is 0.242 e. The number of rotatable bonds is 5. The maximum atomic E-state index is 12.3. The van der Waals surface area contributed by atoms with E-state index in [2.05, 4.69) is 10.5 Å². The van der Waals surface area contributed by atoms with Gasteiger partial charge in [0.25, 0.3) is 0 Å². The molecule has 1 amide bonds. The van der Waals surface area contributed by atoms with Gasteiger partial charge in [0.2, 0.25) is 15.9 Å². The number of hydrogen-bond acceptors (Lipinski definition) is 5. The highest BCUT2D eigenvalue weighted by molar-refractivity contribution is 7.89. The number of nitrogens with zero attached hydrogens (tertiary/aromatic N) is 2. The standard InChI is InChI=1S/C16H21N3O4S/c1-10-6-7-13(8-15(10)24(21,22)19(4)5)17-16(20)9-14-11(2)18-23-12(14)3/h6-8H,9H2,1-5H3,(H,17,20). The SMILES string of the molecule is Cc1ccc(NC(=O)Cc2c(C)noc2C)cc1S(=O)(=O)N(C)C. The lowest BCUT2D eigenvalue weighted by molar-refractivity contribution is -0.115. The minimum absolute atomic E-state index is 0.116. The number of hydrogen-bond donors (Lipinski definition) is 1. The second kappa shape index (κ2) is 6.74. The molecule has 0 bridgehead atoms. The number of carbonyl (C=O) groups is 1. The van der Waals surface area contributed by atoms with E-state index in [1.54, 1.807) is 32.9 Å². The molecule has 7 nitrogen and oxygen atoms in total. The van der Waals surface area contributed by atoms with Gasteiger partial charge in [0.15, 0.2) is 0 Å². The molecule has 1 N–H and O–H groups in total. The maximum absolute atomic E-state index is 12.3. The van der Waals surface area contributed by atoms with Gasteiger partial charge < -0.3 is 9.84 Å². The van der Waals surface area contributed by atoms with Crippen LogP contribution in [-0.2, 0) is 21.2 Å². The minimum Gasteiger partial charge on any atom is -0.361 e. The van der Waals surface area contributed by atoms with Crippen molar-refractivity contribution in [1.29, 1.82) is 0 Å². The van der Waals surface area contributed by atoms with E-state index in [0.29, 0.717) is 22.7 Å². The van der Waals surface area contributed by atoms with E-state index in [1.165, 1.54) is 20.2 Å². The van der Waals surface area contributed by atoms with E-state index in [9.17, 15) is 13.2 Å². The van der Waals surface area contributed by atoms with Crippen molar-refractivity contribution in [3.8, 4) is 0 Å². The van der Waals surface area contributed by atoms with Crippen molar-refractivity contribution < 1.29 is 17.7 Å². The first-order valence-electron chi connectivity index (χ1n) is 7.37. The Labute approximate surface area is 141 Å². The monoisotopic (exact) mass is 351 g/mol. The lowest BCUT2D eigenvalue weighted by Crippen LogP contribution is -2.23. The Morgan fingerprint density at radius 3 is 2.46 bits per heavy atom. The van der Waals surface area contributed by atoms with Crippen molar-refractivity contribution in [2.75, 3.05) is 19.4 Å². The molecule has 1 aromatic carbocycles. The zero-order chi connectivity index (χ0) is 18.1. The zero-order valence-corrected chi connectivity index (χ0v) is 15.2. The highest BCUT2D eigenvalue weighted by atomic mass is 32.2. The van der Waals surface area contributed by atoms with E-state index >= 15 is 0 Å². The first kappa shape index (κ1) is 18.2. The molecule has 0 unspecified atom stereocenters. The first-order chi connectivity index (χ1) is 11.1. The fraction of sp³-hybridized carbons (Fsp3) is 0.375. The van der Waals surface area contributed by atoms with Gasteiger partial charge in [-0.2, -0.15) is 0 Å². The number of nitrogens with one attached hydrogen (secondary N) is 1. The van der Waals surface area contributed by atoms with Crippen LogP contribution in [0.15, 0.2) is 27.6 Å². The quantitative estimate of drug-likeness (QED) is 0.890. The van der Waals surface area contributed by atoms with Gasteiger partial charge in [-0.15, -0.1) is 0 Å². The highest BCUT2D eigenvalue weighted by Gasteiger charge is 2.21. The van der Waals surface area contributed by atoms with Gasteiger partial charge in [0.05, 0.1) is 17.0 Å². The highest BCUT2D eigenvalue weighted by Crippen LogP contribution is 2.23. The van der Waals surface area contributed by atoms with Gasteiger partial charge in [0.1, 0.15) is 5.76 Å². The summed E-state index contributed by atoms with van der Waals surface area (Å²) in [5, 5.41) is 6.54. The van der Waals surface area contributed by atoms with Crippen LogP contribution in [0.3, 0.4) is 0 Å². The number of amides is 1. The summed E-state index contributed by atoms with van der Waals surface area (Å²) in [6.45, 7) is 5.23. The van der Waals surface area contributed by atoms with Gasteiger partial charge in [-0.05, 0) is 38.5 Å². The van der Waals surface area contributed by atoms with E-state index in [-0.39, 0.29) is 17.2 Å². The normalized spacial score (nSPS) is 11.8. The van der Waals surface area contributed by atoms with Crippen LogP contribution < -0.4 is 5.32 Å². The summed E-state index contributed by atoms with van der Waals surface area (Å²) in [6.07, 6.45) is 0.116. The molecule has 0 fully saturated rings. The summed E-state index contributed by atoms with van der Waals surface area (Å²) in [7, 11) is -0.633. The van der Waals surface area contributed by atoms with Gasteiger partial charge in [-0.3, -0.25) is 4.79 Å². The fourth-order valence-corrected chi connectivity index (χ4v) is 3.42. The first-order valence-corrected chi connectivity index (χ1v) is 8.81. The molecule has 8 heteroatoms. The van der Waals surface area contributed by atoms with E-state index < -0.39 is 10.0 Å². The number of benzene rings is 1. The van der Waals surface area contributed by atoms with Gasteiger partial charge in [-0.1, -0.05) is 11.2 Å². The van der Waals surface area contributed by atoms with E-state index in [1.807, 2.05) is 0 Å². The third-order valence-electron chi connectivity index (χ3n) is 3.75. The van der Waals surface area contributed by atoms with Crippen LogP contribution in [0.4, 0.5) is 5.69 Å². The lowest BCUT2D eigenvalue weighted by Gasteiger charge is -2.15. The van der Waals surface area contributed by atoms with Crippen molar-refractivity contribution in [3.05, 3.63) is 40.8 Å². The molecule has 2 aromatic rings. The van der Waals surface area contributed by atoms with Crippen molar-refractivity contribution in [2.45, 2.75) is 32.1 Å². The molecule has 0 radical (unpaired) electrons. The predicted molar refractivity (Wildman–Crippen MR) is 90.4 cm³/mol. The zero-order valence-electron chi connectivity index (χ0n) is 14.4. The molecular weight excluding hydrogens is 330 g/mol. The number of aromatic nitrogens is 1. The van der Waals surface area contributed by atoms with E-state index in [0.717, 1.165) is 9.87 Å². The van der Waals surface area contributed by atoms with Crippen molar-refractivity contribution in [3.63, 3.8) is 0 Å². The fourth-order valence-electron chi connectivity index (χ4n) is 2.27. The number of aryl methyl sites for hydroxylation is 3. The third kappa shape index (κ3) is 3.65. The Hall–Kier alpha value is -2.19. The molecule has 1 heterocycles. The average Bonchev–Trinajstić information content (AvgIpc) is 2.80. The summed E-state index contributed by atoms with van der Waals surface area (Å²) in [6, 6.07) is 4.81. The van der Waals surface area contributed by atoms with Crippen molar-refractivity contribution in [1.82, 2.24) is 9.46 Å². The van der Waals surface area contributed by atoms with Gasteiger partial charge in [-0.25, -0.2) is 12.7 Å². The number of sulfonamides is 1. The van der Waals surface area contributed by atoms with Crippen LogP contribution >= 0.6 is 0 Å². The molecule has 0 saturated heterocycles. The summed E-state index contributed by atoms with van der Waals surface area (Å²) in [5.74, 6) is 0.337.